The van der Waals surface area contributed by atoms with Crippen LogP contribution in [0.3, 0.4) is 0 Å². The molecule has 2 heterocycles. The van der Waals surface area contributed by atoms with Crippen molar-refractivity contribution in [2.75, 3.05) is 12.3 Å². The first-order chi connectivity index (χ1) is 13.6. The number of aromatic nitrogens is 3. The van der Waals surface area contributed by atoms with E-state index < -0.39 is 5.97 Å². The van der Waals surface area contributed by atoms with E-state index in [2.05, 4.69) is 10.1 Å². The maximum absolute atomic E-state index is 13.2. The third-order valence-electron chi connectivity index (χ3n) is 4.44. The maximum atomic E-state index is 13.2. The zero-order chi connectivity index (χ0) is 19.7. The number of nitrogen functional groups attached to an aromatic ring is 1. The number of nitrogens with zero attached hydrogens (tertiary/aromatic N) is 2. The maximum Gasteiger partial charge on any atom is 0.359 e. The Morgan fingerprint density at radius 1 is 1.11 bits per heavy atom. The minimum Gasteiger partial charge on any atom is -0.461 e. The van der Waals surface area contributed by atoms with E-state index in [0.29, 0.717) is 11.3 Å². The molecule has 0 bridgehead atoms. The number of hydrogen-bond acceptors (Lipinski definition) is 5. The average molecular weight is 374 g/mol. The number of H-pyrrole nitrogens is 1. The minimum absolute atomic E-state index is 0.00224. The lowest BCUT2D eigenvalue weighted by atomic mass is 10.1. The second-order valence-electron chi connectivity index (χ2n) is 6.16. The molecule has 0 radical (unpaired) electrons. The van der Waals surface area contributed by atoms with Gasteiger partial charge < -0.3 is 15.5 Å². The molecule has 2 aromatic carbocycles. The molecule has 0 atom stereocenters. The SMILES string of the molecule is CCOC(=O)c1c(N)c(C(=O)c2c[nH]c3ccccc23)nn1-c1ccccc1. The summed E-state index contributed by atoms with van der Waals surface area (Å²) < 4.78 is 6.48. The third kappa shape index (κ3) is 2.83. The molecule has 0 unspecified atom stereocenters. The second kappa shape index (κ2) is 7.03. The van der Waals surface area contributed by atoms with Crippen LogP contribution in [0, 0.1) is 0 Å². The van der Waals surface area contributed by atoms with Crippen molar-refractivity contribution >= 4 is 28.3 Å². The molecule has 2 aromatic heterocycles. The molecule has 0 aliphatic rings. The molecule has 4 rings (SSSR count). The average Bonchev–Trinajstić information content (AvgIpc) is 3.30. The van der Waals surface area contributed by atoms with Gasteiger partial charge in [-0.3, -0.25) is 4.79 Å². The van der Waals surface area contributed by atoms with Crippen LogP contribution in [-0.4, -0.2) is 33.1 Å². The molecule has 0 spiro atoms. The lowest BCUT2D eigenvalue weighted by molar-refractivity contribution is 0.0517. The number of para-hydroxylation sites is 2. The van der Waals surface area contributed by atoms with Crippen LogP contribution in [0.25, 0.3) is 16.6 Å². The molecule has 28 heavy (non-hydrogen) atoms. The summed E-state index contributed by atoms with van der Waals surface area (Å²) in [5.41, 5.74) is 8.13. The summed E-state index contributed by atoms with van der Waals surface area (Å²) in [4.78, 5) is 28.8. The molecular weight excluding hydrogens is 356 g/mol. The van der Waals surface area contributed by atoms with E-state index in [9.17, 15) is 9.59 Å². The van der Waals surface area contributed by atoms with Crippen LogP contribution >= 0.6 is 0 Å². The van der Waals surface area contributed by atoms with Gasteiger partial charge in [-0.2, -0.15) is 5.10 Å². The highest BCUT2D eigenvalue weighted by Gasteiger charge is 2.28. The fraction of sp³-hybridized carbons (Fsp3) is 0.0952. The predicted molar refractivity (Wildman–Crippen MR) is 106 cm³/mol. The summed E-state index contributed by atoms with van der Waals surface area (Å²) in [5, 5.41) is 5.14. The molecular formula is C21H18N4O3. The first-order valence-electron chi connectivity index (χ1n) is 8.83. The number of nitrogens with two attached hydrogens (primary N) is 1. The van der Waals surface area contributed by atoms with Gasteiger partial charge in [0.15, 0.2) is 11.4 Å². The third-order valence-corrected chi connectivity index (χ3v) is 4.44. The van der Waals surface area contributed by atoms with Gasteiger partial charge in [-0.05, 0) is 25.1 Å². The van der Waals surface area contributed by atoms with Crippen molar-refractivity contribution in [2.45, 2.75) is 6.92 Å². The van der Waals surface area contributed by atoms with Crippen LogP contribution < -0.4 is 5.73 Å². The monoisotopic (exact) mass is 374 g/mol. The smallest absolute Gasteiger partial charge is 0.359 e. The standard InChI is InChI=1S/C21H18N4O3/c1-2-28-21(27)19-17(22)18(24-25(19)13-8-4-3-5-9-13)20(26)15-12-23-16-11-7-6-10-14(15)16/h3-12,23H,2,22H2,1H3. The largest absolute Gasteiger partial charge is 0.461 e. The number of carbonyl (C=O) groups excluding carboxylic acids is 2. The Morgan fingerprint density at radius 3 is 2.57 bits per heavy atom. The summed E-state index contributed by atoms with van der Waals surface area (Å²) in [7, 11) is 0. The number of fused-ring (bicyclic) bond motifs is 1. The molecule has 7 heteroatoms. The van der Waals surface area contributed by atoms with Gasteiger partial charge in [0.1, 0.15) is 0 Å². The fourth-order valence-corrected chi connectivity index (χ4v) is 3.14. The van der Waals surface area contributed by atoms with Crippen molar-refractivity contribution in [1.82, 2.24) is 14.8 Å². The summed E-state index contributed by atoms with van der Waals surface area (Å²) in [6.45, 7) is 1.89. The second-order valence-corrected chi connectivity index (χ2v) is 6.16. The van der Waals surface area contributed by atoms with E-state index in [0.717, 1.165) is 10.9 Å². The molecule has 0 saturated heterocycles. The van der Waals surface area contributed by atoms with Crippen LogP contribution in [0.2, 0.25) is 0 Å². The van der Waals surface area contributed by atoms with Gasteiger partial charge in [0, 0.05) is 22.7 Å². The predicted octanol–water partition coefficient (Wildman–Crippen LogP) is 3.34. The van der Waals surface area contributed by atoms with Gasteiger partial charge in [0.2, 0.25) is 5.78 Å². The number of hydrogen-bond donors (Lipinski definition) is 2. The van der Waals surface area contributed by atoms with Gasteiger partial charge in [-0.25, -0.2) is 9.48 Å². The van der Waals surface area contributed by atoms with Crippen LogP contribution in [0.4, 0.5) is 5.69 Å². The van der Waals surface area contributed by atoms with E-state index >= 15 is 0 Å². The van der Waals surface area contributed by atoms with Gasteiger partial charge in [0.25, 0.3) is 0 Å². The summed E-state index contributed by atoms with van der Waals surface area (Å²) >= 11 is 0. The lowest BCUT2D eigenvalue weighted by Gasteiger charge is -2.07. The fourth-order valence-electron chi connectivity index (χ4n) is 3.14. The van der Waals surface area contributed by atoms with Crippen molar-refractivity contribution in [1.29, 1.82) is 0 Å². The Balaban J connectivity index is 1.88. The van der Waals surface area contributed by atoms with E-state index in [1.54, 1.807) is 25.3 Å². The van der Waals surface area contributed by atoms with Crippen molar-refractivity contribution in [3.05, 3.63) is 77.7 Å². The molecule has 7 nitrogen and oxygen atoms in total. The van der Waals surface area contributed by atoms with Crippen molar-refractivity contribution in [3.8, 4) is 5.69 Å². The first kappa shape index (κ1) is 17.5. The zero-order valence-electron chi connectivity index (χ0n) is 15.2. The molecule has 0 aliphatic heterocycles. The Morgan fingerprint density at radius 2 is 1.82 bits per heavy atom. The number of aromatic amines is 1. The van der Waals surface area contributed by atoms with Crippen LogP contribution in [0.1, 0.15) is 33.5 Å². The van der Waals surface area contributed by atoms with Gasteiger partial charge in [-0.15, -0.1) is 0 Å². The first-order valence-corrected chi connectivity index (χ1v) is 8.83. The van der Waals surface area contributed by atoms with Crippen molar-refractivity contribution in [2.24, 2.45) is 0 Å². The lowest BCUT2D eigenvalue weighted by Crippen LogP contribution is -2.13. The van der Waals surface area contributed by atoms with Gasteiger partial charge >= 0.3 is 5.97 Å². The topological polar surface area (TPSA) is 103 Å². The number of esters is 1. The van der Waals surface area contributed by atoms with Gasteiger partial charge in [-0.1, -0.05) is 36.4 Å². The normalized spacial score (nSPS) is 10.9. The number of anilines is 1. The highest BCUT2D eigenvalue weighted by Crippen LogP contribution is 2.27. The van der Waals surface area contributed by atoms with E-state index in [4.69, 9.17) is 10.5 Å². The Labute approximate surface area is 160 Å². The number of carbonyl (C=O) groups is 2. The summed E-state index contributed by atoms with van der Waals surface area (Å²) in [5.74, 6) is -0.996. The molecule has 4 aromatic rings. The molecule has 0 fully saturated rings. The highest BCUT2D eigenvalue weighted by molar-refractivity contribution is 6.18. The number of rotatable bonds is 5. The van der Waals surface area contributed by atoms with Crippen LogP contribution in [0.5, 0.6) is 0 Å². The number of ketones is 1. The quantitative estimate of drug-likeness (QED) is 0.412. The van der Waals surface area contributed by atoms with Gasteiger partial charge in [0.05, 0.1) is 18.0 Å². The van der Waals surface area contributed by atoms with E-state index in [1.807, 2.05) is 42.5 Å². The zero-order valence-corrected chi connectivity index (χ0v) is 15.2. The molecule has 0 saturated carbocycles. The Kier molecular flexibility index (Phi) is 4.41. The minimum atomic E-state index is -0.630. The molecule has 0 amide bonds. The summed E-state index contributed by atoms with van der Waals surface area (Å²) in [6.07, 6.45) is 1.62. The highest BCUT2D eigenvalue weighted by atomic mass is 16.5. The van der Waals surface area contributed by atoms with Crippen molar-refractivity contribution < 1.29 is 14.3 Å². The number of ether oxygens (including phenoxy) is 1. The Bertz CT molecular complexity index is 1180. The number of benzene rings is 2. The van der Waals surface area contributed by atoms with E-state index in [-0.39, 0.29) is 29.5 Å². The Hall–Kier alpha value is -3.87. The van der Waals surface area contributed by atoms with Crippen LogP contribution in [-0.2, 0) is 4.74 Å². The molecule has 140 valence electrons. The molecule has 3 N–H and O–H groups in total. The summed E-state index contributed by atoms with van der Waals surface area (Å²) in [6, 6.07) is 16.5. The number of nitrogens with one attached hydrogen (secondary N) is 1. The molecule has 0 aliphatic carbocycles. The van der Waals surface area contributed by atoms with Crippen LogP contribution in [0.15, 0.2) is 60.8 Å². The van der Waals surface area contributed by atoms with E-state index in [1.165, 1.54) is 4.68 Å². The van der Waals surface area contributed by atoms with Crippen molar-refractivity contribution in [3.63, 3.8) is 0 Å².